The lowest BCUT2D eigenvalue weighted by atomic mass is 9.98. The number of para-hydroxylation sites is 2. The summed E-state index contributed by atoms with van der Waals surface area (Å²) in [6.45, 7) is 4.00. The summed E-state index contributed by atoms with van der Waals surface area (Å²) in [6, 6.07) is 22.2. The van der Waals surface area contributed by atoms with Gasteiger partial charge in [0.2, 0.25) is 0 Å². The first-order valence-corrected chi connectivity index (χ1v) is 10.0. The monoisotopic (exact) mass is 416 g/mol. The van der Waals surface area contributed by atoms with E-state index in [1.54, 1.807) is 30.1 Å². The minimum absolute atomic E-state index is 0.0838. The Morgan fingerprint density at radius 3 is 2.35 bits per heavy atom. The number of methoxy groups -OCH3 is 1. The van der Waals surface area contributed by atoms with Gasteiger partial charge in [-0.25, -0.2) is 4.68 Å². The number of aromatic nitrogens is 3. The molecular weight excluding hydrogens is 392 g/mol. The summed E-state index contributed by atoms with van der Waals surface area (Å²) >= 11 is 0. The summed E-state index contributed by atoms with van der Waals surface area (Å²) in [7, 11) is 1.62. The SMILES string of the molecule is CC.COc1ccccc1-n1nncc1-c1ccccc1Cc1ccc([N+](=O)[O-])cc1. The first-order chi connectivity index (χ1) is 15.2. The molecule has 3 aromatic carbocycles. The van der Waals surface area contributed by atoms with Crippen molar-refractivity contribution in [3.05, 3.63) is 100 Å². The molecule has 0 aliphatic heterocycles. The molecule has 1 heterocycles. The molecule has 0 aliphatic carbocycles. The standard InChI is InChI=1S/C22H18N4O3.C2H6/c1-29-22-9-5-4-8-20(22)25-21(15-23-24-25)19-7-3-2-6-17(19)14-16-10-12-18(13-11-16)26(27)28;1-2/h2-13,15H,14H2,1H3;1-2H3. The van der Waals surface area contributed by atoms with Crippen molar-refractivity contribution in [2.75, 3.05) is 7.11 Å². The van der Waals surface area contributed by atoms with Gasteiger partial charge in [-0.2, -0.15) is 0 Å². The van der Waals surface area contributed by atoms with Gasteiger partial charge in [0.1, 0.15) is 11.4 Å². The van der Waals surface area contributed by atoms with Crippen molar-refractivity contribution < 1.29 is 9.66 Å². The number of nitro groups is 1. The number of non-ortho nitro benzene ring substituents is 1. The zero-order valence-electron chi connectivity index (χ0n) is 17.7. The van der Waals surface area contributed by atoms with Crippen molar-refractivity contribution in [1.29, 1.82) is 0 Å². The molecule has 0 aliphatic rings. The average Bonchev–Trinajstić information content (AvgIpc) is 3.30. The highest BCUT2D eigenvalue weighted by molar-refractivity contribution is 5.67. The Labute approximate surface area is 181 Å². The molecule has 158 valence electrons. The van der Waals surface area contributed by atoms with Crippen LogP contribution in [0.15, 0.2) is 79.0 Å². The Balaban J connectivity index is 0.00000132. The highest BCUT2D eigenvalue weighted by Gasteiger charge is 2.15. The predicted octanol–water partition coefficient (Wildman–Crippen LogP) is 5.47. The van der Waals surface area contributed by atoms with E-state index in [9.17, 15) is 10.1 Å². The van der Waals surface area contributed by atoms with E-state index in [-0.39, 0.29) is 5.69 Å². The highest BCUT2D eigenvalue weighted by atomic mass is 16.6. The number of nitro benzene ring substituents is 1. The smallest absolute Gasteiger partial charge is 0.269 e. The molecular formula is C24H24N4O3. The van der Waals surface area contributed by atoms with Crippen molar-refractivity contribution in [3.8, 4) is 22.7 Å². The molecule has 0 saturated heterocycles. The number of rotatable bonds is 6. The molecule has 0 saturated carbocycles. The van der Waals surface area contributed by atoms with Crippen LogP contribution in [0.1, 0.15) is 25.0 Å². The van der Waals surface area contributed by atoms with Crippen LogP contribution >= 0.6 is 0 Å². The summed E-state index contributed by atoms with van der Waals surface area (Å²) in [6.07, 6.45) is 2.35. The van der Waals surface area contributed by atoms with E-state index < -0.39 is 4.92 Å². The first kappa shape index (κ1) is 21.7. The Hall–Kier alpha value is -4.00. The van der Waals surface area contributed by atoms with E-state index in [4.69, 9.17) is 4.74 Å². The van der Waals surface area contributed by atoms with Crippen molar-refractivity contribution in [1.82, 2.24) is 15.0 Å². The van der Waals surface area contributed by atoms with E-state index in [1.165, 1.54) is 12.1 Å². The maximum Gasteiger partial charge on any atom is 0.269 e. The zero-order chi connectivity index (χ0) is 22.2. The number of hydrogen-bond donors (Lipinski definition) is 0. The summed E-state index contributed by atoms with van der Waals surface area (Å²) in [5, 5.41) is 19.3. The molecule has 4 aromatic rings. The van der Waals surface area contributed by atoms with Gasteiger partial charge >= 0.3 is 0 Å². The third kappa shape index (κ3) is 4.78. The fourth-order valence-electron chi connectivity index (χ4n) is 3.28. The van der Waals surface area contributed by atoms with Crippen molar-refractivity contribution >= 4 is 5.69 Å². The number of benzene rings is 3. The first-order valence-electron chi connectivity index (χ1n) is 10.0. The quantitative estimate of drug-likeness (QED) is 0.307. The predicted molar refractivity (Wildman–Crippen MR) is 121 cm³/mol. The van der Waals surface area contributed by atoms with Crippen molar-refractivity contribution in [3.63, 3.8) is 0 Å². The molecule has 0 unspecified atom stereocenters. The molecule has 0 spiro atoms. The van der Waals surface area contributed by atoms with Crippen LogP contribution in [0.3, 0.4) is 0 Å². The summed E-state index contributed by atoms with van der Waals surface area (Å²) in [4.78, 5) is 10.5. The van der Waals surface area contributed by atoms with Crippen LogP contribution in [0.5, 0.6) is 5.75 Å². The largest absolute Gasteiger partial charge is 0.494 e. The molecule has 1 aromatic heterocycles. The van der Waals surface area contributed by atoms with Crippen LogP contribution < -0.4 is 4.74 Å². The molecule has 7 nitrogen and oxygen atoms in total. The normalized spacial score (nSPS) is 10.2. The molecule has 31 heavy (non-hydrogen) atoms. The zero-order valence-corrected chi connectivity index (χ0v) is 17.7. The van der Waals surface area contributed by atoms with Crippen LogP contribution in [0.2, 0.25) is 0 Å². The van der Waals surface area contributed by atoms with Gasteiger partial charge in [-0.3, -0.25) is 10.1 Å². The van der Waals surface area contributed by atoms with Crippen LogP contribution in [-0.4, -0.2) is 27.0 Å². The van der Waals surface area contributed by atoms with Gasteiger partial charge in [0.05, 0.1) is 23.9 Å². The van der Waals surface area contributed by atoms with Gasteiger partial charge in [-0.05, 0) is 29.7 Å². The second-order valence-corrected chi connectivity index (χ2v) is 6.46. The molecule has 4 rings (SSSR count). The van der Waals surface area contributed by atoms with Gasteiger partial charge < -0.3 is 4.74 Å². The maximum absolute atomic E-state index is 10.9. The molecule has 0 N–H and O–H groups in total. The summed E-state index contributed by atoms with van der Waals surface area (Å²) in [5.74, 6) is 0.701. The van der Waals surface area contributed by atoms with Gasteiger partial charge in [-0.1, -0.05) is 67.6 Å². The third-order valence-electron chi connectivity index (χ3n) is 4.70. The minimum atomic E-state index is -0.394. The van der Waals surface area contributed by atoms with E-state index >= 15 is 0 Å². The summed E-state index contributed by atoms with van der Waals surface area (Å²) in [5.41, 5.74) is 4.76. The van der Waals surface area contributed by atoms with Gasteiger partial charge in [-0.15, -0.1) is 5.10 Å². The number of hydrogen-bond acceptors (Lipinski definition) is 5. The number of nitrogens with zero attached hydrogens (tertiary/aromatic N) is 4. The second kappa shape index (κ2) is 10.2. The van der Waals surface area contributed by atoms with Gasteiger partial charge in [0.15, 0.2) is 0 Å². The van der Waals surface area contributed by atoms with E-state index in [2.05, 4.69) is 10.3 Å². The molecule has 0 amide bonds. The van der Waals surface area contributed by atoms with Crippen LogP contribution in [0, 0.1) is 10.1 Å². The molecule has 0 atom stereocenters. The van der Waals surface area contributed by atoms with Gasteiger partial charge in [0, 0.05) is 17.7 Å². The topological polar surface area (TPSA) is 83.1 Å². The van der Waals surface area contributed by atoms with E-state index in [0.29, 0.717) is 12.2 Å². The molecule has 0 radical (unpaired) electrons. The number of ether oxygens (including phenoxy) is 1. The Kier molecular flexibility index (Phi) is 7.11. The lowest BCUT2D eigenvalue weighted by Crippen LogP contribution is -2.03. The molecule has 0 bridgehead atoms. The Morgan fingerprint density at radius 2 is 1.65 bits per heavy atom. The Morgan fingerprint density at radius 1 is 0.968 bits per heavy atom. The van der Waals surface area contributed by atoms with Crippen molar-refractivity contribution in [2.45, 2.75) is 20.3 Å². The van der Waals surface area contributed by atoms with E-state index in [1.807, 2.05) is 62.4 Å². The van der Waals surface area contributed by atoms with E-state index in [0.717, 1.165) is 28.1 Å². The summed E-state index contributed by atoms with van der Waals surface area (Å²) < 4.78 is 7.23. The fourth-order valence-corrected chi connectivity index (χ4v) is 3.28. The molecule has 7 heteroatoms. The Bertz CT molecular complexity index is 1150. The maximum atomic E-state index is 10.9. The third-order valence-corrected chi connectivity index (χ3v) is 4.70. The lowest BCUT2D eigenvalue weighted by Gasteiger charge is -2.13. The fraction of sp³-hybridized carbons (Fsp3) is 0.167. The lowest BCUT2D eigenvalue weighted by molar-refractivity contribution is -0.384. The highest BCUT2D eigenvalue weighted by Crippen LogP contribution is 2.30. The average molecular weight is 416 g/mol. The van der Waals surface area contributed by atoms with Crippen LogP contribution in [0.25, 0.3) is 16.9 Å². The second-order valence-electron chi connectivity index (χ2n) is 6.46. The van der Waals surface area contributed by atoms with Crippen LogP contribution in [0.4, 0.5) is 5.69 Å². The minimum Gasteiger partial charge on any atom is -0.494 e. The van der Waals surface area contributed by atoms with Gasteiger partial charge in [0.25, 0.3) is 5.69 Å². The molecule has 0 fully saturated rings. The van der Waals surface area contributed by atoms with Crippen molar-refractivity contribution in [2.24, 2.45) is 0 Å². The van der Waals surface area contributed by atoms with Crippen LogP contribution in [-0.2, 0) is 6.42 Å².